The van der Waals surface area contributed by atoms with Crippen LogP contribution in [0.3, 0.4) is 0 Å². The number of benzene rings is 2. The van der Waals surface area contributed by atoms with E-state index < -0.39 is 11.2 Å². The highest BCUT2D eigenvalue weighted by molar-refractivity contribution is 5.89. The first kappa shape index (κ1) is 28.6. The second-order valence-electron chi connectivity index (χ2n) is 10.0. The Kier molecular flexibility index (Phi) is 9.95. The van der Waals surface area contributed by atoms with Crippen molar-refractivity contribution in [3.63, 3.8) is 0 Å². The molecule has 3 aromatic rings. The first-order valence-corrected chi connectivity index (χ1v) is 13.7. The minimum absolute atomic E-state index is 0.0375. The van der Waals surface area contributed by atoms with Crippen molar-refractivity contribution in [2.45, 2.75) is 32.7 Å². The third-order valence-corrected chi connectivity index (χ3v) is 7.15. The van der Waals surface area contributed by atoms with Gasteiger partial charge in [0.2, 0.25) is 5.91 Å². The number of amides is 1. The SMILES string of the molecule is CCCOc1ccc(F)c2c(=O)c(-c3ccc(OC)cc3)cn(CCC(=O)NCCCN3CCN(C)CC3)c12. The lowest BCUT2D eigenvalue weighted by Gasteiger charge is -2.32. The topological polar surface area (TPSA) is 76.0 Å². The molecule has 4 rings (SSSR count). The maximum absolute atomic E-state index is 15.1. The van der Waals surface area contributed by atoms with Gasteiger partial charge in [0.1, 0.15) is 17.3 Å². The summed E-state index contributed by atoms with van der Waals surface area (Å²) in [5, 5.41) is 2.97. The van der Waals surface area contributed by atoms with Crippen molar-refractivity contribution < 1.29 is 18.7 Å². The maximum atomic E-state index is 15.1. The molecule has 0 radical (unpaired) electrons. The number of rotatable bonds is 12. The molecule has 0 aliphatic carbocycles. The van der Waals surface area contributed by atoms with Crippen LogP contribution >= 0.6 is 0 Å². The van der Waals surface area contributed by atoms with Crippen LogP contribution < -0.4 is 20.2 Å². The van der Waals surface area contributed by atoms with Gasteiger partial charge in [0, 0.05) is 57.4 Å². The Morgan fingerprint density at radius 1 is 1.05 bits per heavy atom. The van der Waals surface area contributed by atoms with Crippen molar-refractivity contribution in [1.82, 2.24) is 19.7 Å². The van der Waals surface area contributed by atoms with Crippen LogP contribution in [0.25, 0.3) is 22.0 Å². The van der Waals surface area contributed by atoms with E-state index in [1.807, 2.05) is 6.92 Å². The normalized spacial score (nSPS) is 14.5. The number of piperazine rings is 1. The summed E-state index contributed by atoms with van der Waals surface area (Å²) in [5.74, 6) is 0.389. The fourth-order valence-corrected chi connectivity index (χ4v) is 4.86. The molecule has 1 amide bonds. The highest BCUT2D eigenvalue weighted by Crippen LogP contribution is 2.30. The average Bonchev–Trinajstić information content (AvgIpc) is 2.95. The molecule has 1 saturated heterocycles. The zero-order valence-electron chi connectivity index (χ0n) is 23.2. The van der Waals surface area contributed by atoms with Gasteiger partial charge in [0.25, 0.3) is 0 Å². The predicted octanol–water partition coefficient (Wildman–Crippen LogP) is 3.75. The average molecular weight is 539 g/mol. The van der Waals surface area contributed by atoms with Gasteiger partial charge in [-0.15, -0.1) is 0 Å². The van der Waals surface area contributed by atoms with Crippen molar-refractivity contribution in [2.24, 2.45) is 0 Å². The van der Waals surface area contributed by atoms with Crippen molar-refractivity contribution >= 4 is 16.8 Å². The monoisotopic (exact) mass is 538 g/mol. The van der Waals surface area contributed by atoms with E-state index in [1.165, 1.54) is 6.07 Å². The molecule has 0 atom stereocenters. The molecular formula is C30H39FN4O4. The third kappa shape index (κ3) is 7.16. The number of halogens is 1. The summed E-state index contributed by atoms with van der Waals surface area (Å²) >= 11 is 0. The van der Waals surface area contributed by atoms with Crippen LogP contribution in [0.2, 0.25) is 0 Å². The molecule has 1 N–H and O–H groups in total. The number of carbonyl (C=O) groups is 1. The lowest BCUT2D eigenvalue weighted by atomic mass is 10.0. The lowest BCUT2D eigenvalue weighted by Crippen LogP contribution is -2.45. The number of aryl methyl sites for hydroxylation is 1. The summed E-state index contributed by atoms with van der Waals surface area (Å²) in [5.41, 5.74) is 0.946. The standard InChI is InChI=1S/C30H39FN4O4/c1-4-20-39-26-11-10-25(31)28-29(26)35(21-24(30(28)37)22-6-8-23(38-3)9-7-22)15-12-27(36)32-13-5-14-34-18-16-33(2)17-19-34/h6-11,21H,4-5,12-20H2,1-3H3,(H,32,36). The van der Waals surface area contributed by atoms with Gasteiger partial charge in [-0.1, -0.05) is 19.1 Å². The van der Waals surface area contributed by atoms with E-state index in [1.54, 1.807) is 48.2 Å². The van der Waals surface area contributed by atoms with Crippen LogP contribution in [0.1, 0.15) is 26.2 Å². The minimum atomic E-state index is -0.615. The second-order valence-corrected chi connectivity index (χ2v) is 10.0. The van der Waals surface area contributed by atoms with Crippen LogP contribution in [0.5, 0.6) is 11.5 Å². The van der Waals surface area contributed by atoms with Gasteiger partial charge in [0.15, 0.2) is 5.43 Å². The molecule has 2 heterocycles. The number of nitrogens with one attached hydrogen (secondary N) is 1. The van der Waals surface area contributed by atoms with E-state index in [9.17, 15) is 9.59 Å². The van der Waals surface area contributed by atoms with Crippen molar-refractivity contribution in [3.05, 3.63) is 58.6 Å². The summed E-state index contributed by atoms with van der Waals surface area (Å²) in [6.45, 7) is 8.51. The highest BCUT2D eigenvalue weighted by atomic mass is 19.1. The van der Waals surface area contributed by atoms with E-state index in [0.717, 1.165) is 45.6 Å². The first-order valence-electron chi connectivity index (χ1n) is 13.7. The van der Waals surface area contributed by atoms with Gasteiger partial charge in [-0.2, -0.15) is 0 Å². The summed E-state index contributed by atoms with van der Waals surface area (Å²) < 4.78 is 28.1. The summed E-state index contributed by atoms with van der Waals surface area (Å²) in [4.78, 5) is 31.0. The Hall–Kier alpha value is -3.43. The van der Waals surface area contributed by atoms with E-state index in [0.29, 0.717) is 41.3 Å². The van der Waals surface area contributed by atoms with E-state index >= 15 is 4.39 Å². The molecule has 1 aromatic heterocycles. The smallest absolute Gasteiger partial charge is 0.221 e. The highest BCUT2D eigenvalue weighted by Gasteiger charge is 2.19. The number of nitrogens with zero attached hydrogens (tertiary/aromatic N) is 3. The fourth-order valence-electron chi connectivity index (χ4n) is 4.86. The number of fused-ring (bicyclic) bond motifs is 1. The molecule has 0 spiro atoms. The zero-order valence-corrected chi connectivity index (χ0v) is 23.2. The molecule has 1 aliphatic rings. The van der Waals surface area contributed by atoms with Gasteiger partial charge >= 0.3 is 0 Å². The number of likely N-dealkylation sites (N-methyl/N-ethyl adjacent to an activating group) is 1. The third-order valence-electron chi connectivity index (χ3n) is 7.15. The van der Waals surface area contributed by atoms with Crippen LogP contribution in [-0.2, 0) is 11.3 Å². The van der Waals surface area contributed by atoms with E-state index in [-0.39, 0.29) is 24.3 Å². The fraction of sp³-hybridized carbons (Fsp3) is 0.467. The van der Waals surface area contributed by atoms with Crippen LogP contribution in [0.15, 0.2) is 47.4 Å². The number of aromatic nitrogens is 1. The Morgan fingerprint density at radius 3 is 2.49 bits per heavy atom. The maximum Gasteiger partial charge on any atom is 0.221 e. The number of pyridine rings is 1. The van der Waals surface area contributed by atoms with Gasteiger partial charge in [-0.05, 0) is 56.3 Å². The van der Waals surface area contributed by atoms with Gasteiger partial charge < -0.3 is 29.2 Å². The summed E-state index contributed by atoms with van der Waals surface area (Å²) in [6, 6.07) is 9.88. The molecule has 39 heavy (non-hydrogen) atoms. The molecule has 0 saturated carbocycles. The molecule has 0 unspecified atom stereocenters. The number of hydrogen-bond acceptors (Lipinski definition) is 6. The Morgan fingerprint density at radius 2 is 1.79 bits per heavy atom. The molecule has 9 heteroatoms. The number of carbonyl (C=O) groups excluding carboxylic acids is 1. The summed E-state index contributed by atoms with van der Waals surface area (Å²) in [7, 11) is 3.71. The summed E-state index contributed by atoms with van der Waals surface area (Å²) in [6.07, 6.45) is 3.55. The molecule has 0 bridgehead atoms. The molecule has 1 fully saturated rings. The van der Waals surface area contributed by atoms with Crippen LogP contribution in [-0.4, -0.2) is 80.3 Å². The molecule has 210 valence electrons. The number of ether oxygens (including phenoxy) is 2. The van der Waals surface area contributed by atoms with Crippen LogP contribution in [0.4, 0.5) is 4.39 Å². The Labute approximate surface area is 229 Å². The van der Waals surface area contributed by atoms with Crippen molar-refractivity contribution in [1.29, 1.82) is 0 Å². The zero-order chi connectivity index (χ0) is 27.8. The van der Waals surface area contributed by atoms with E-state index in [2.05, 4.69) is 22.2 Å². The van der Waals surface area contributed by atoms with Gasteiger partial charge in [-0.25, -0.2) is 4.39 Å². The molecule has 2 aromatic carbocycles. The predicted molar refractivity (Wildman–Crippen MR) is 152 cm³/mol. The largest absolute Gasteiger partial charge is 0.497 e. The van der Waals surface area contributed by atoms with Crippen molar-refractivity contribution in [2.75, 3.05) is 60.0 Å². The Bertz CT molecular complexity index is 1320. The van der Waals surface area contributed by atoms with Crippen molar-refractivity contribution in [3.8, 4) is 22.6 Å². The Balaban J connectivity index is 1.54. The lowest BCUT2D eigenvalue weighted by molar-refractivity contribution is -0.121. The number of methoxy groups -OCH3 is 1. The first-order chi connectivity index (χ1) is 18.9. The second kappa shape index (κ2) is 13.6. The number of hydrogen-bond donors (Lipinski definition) is 1. The van der Waals surface area contributed by atoms with Gasteiger partial charge in [-0.3, -0.25) is 9.59 Å². The van der Waals surface area contributed by atoms with Gasteiger partial charge in [0.05, 0.1) is 24.6 Å². The van der Waals surface area contributed by atoms with Crippen LogP contribution in [0, 0.1) is 5.82 Å². The minimum Gasteiger partial charge on any atom is -0.497 e. The van der Waals surface area contributed by atoms with E-state index in [4.69, 9.17) is 9.47 Å². The molecular weight excluding hydrogens is 499 g/mol. The molecule has 8 nitrogen and oxygen atoms in total. The quantitative estimate of drug-likeness (QED) is 0.354. The molecule has 1 aliphatic heterocycles.